The fourth-order valence-electron chi connectivity index (χ4n) is 4.15. The van der Waals surface area contributed by atoms with Gasteiger partial charge in [-0.1, -0.05) is 114 Å². The highest BCUT2D eigenvalue weighted by Crippen LogP contribution is 2.18. The molecule has 0 unspecified atom stereocenters. The van der Waals surface area contributed by atoms with Crippen molar-refractivity contribution in [1.82, 2.24) is 0 Å². The summed E-state index contributed by atoms with van der Waals surface area (Å²) in [5, 5.41) is 1.39. The van der Waals surface area contributed by atoms with Crippen molar-refractivity contribution in [1.29, 1.82) is 0 Å². The summed E-state index contributed by atoms with van der Waals surface area (Å²) in [6.45, 7) is 9.38. The topological polar surface area (TPSA) is 27.7 Å². The predicted octanol–water partition coefficient (Wildman–Crippen LogP) is 7.51. The van der Waals surface area contributed by atoms with E-state index in [1.54, 1.807) is 12.2 Å². The van der Waals surface area contributed by atoms with Gasteiger partial charge < -0.3 is 14.2 Å². The Balaban J connectivity index is 1.18. The molecule has 0 saturated carbocycles. The zero-order valence-electron chi connectivity index (χ0n) is 24.5. The third kappa shape index (κ3) is 10.5. The molecule has 0 amide bonds. The average molecular weight is 573 g/mol. The zero-order valence-corrected chi connectivity index (χ0v) is 26.5. The normalized spacial score (nSPS) is 11.4. The minimum Gasteiger partial charge on any atom is -0.494 e. The summed E-state index contributed by atoms with van der Waals surface area (Å²) in [5.41, 5.74) is 5.77. The highest BCUT2D eigenvalue weighted by Gasteiger charge is 2.00. The third-order valence-corrected chi connectivity index (χ3v) is 7.41. The van der Waals surface area contributed by atoms with Gasteiger partial charge in [-0.2, -0.15) is 0 Å². The van der Waals surface area contributed by atoms with E-state index in [4.69, 9.17) is 14.2 Å². The van der Waals surface area contributed by atoms with Gasteiger partial charge in [-0.3, -0.25) is 0 Å². The molecule has 0 radical (unpaired) electrons. The van der Waals surface area contributed by atoms with Crippen LogP contribution in [-0.2, 0) is 11.3 Å². The van der Waals surface area contributed by atoms with Crippen molar-refractivity contribution in [3.63, 3.8) is 0 Å². The number of rotatable bonds is 16. The molecule has 42 heavy (non-hydrogen) atoms. The molecule has 4 heteroatoms. The minimum atomic E-state index is -0.0765. The average Bonchev–Trinajstić information content (AvgIpc) is 3.04. The van der Waals surface area contributed by atoms with Gasteiger partial charge >= 0.3 is 0 Å². The monoisotopic (exact) mass is 572 g/mol. The lowest BCUT2D eigenvalue weighted by molar-refractivity contribution is 0.109. The SMILES string of the molecule is C=CC(C=C)OCCCCOc1ccc(C=Cc2ccc(C=Cc3ccc(OCc4ccc([SiH3])cc4)cc3)cc2)cc1. The summed E-state index contributed by atoms with van der Waals surface area (Å²) >= 11 is 0. The van der Waals surface area contributed by atoms with E-state index in [2.05, 4.69) is 110 Å². The molecule has 0 N–H and O–H groups in total. The Hall–Kier alpha value is -4.38. The van der Waals surface area contributed by atoms with E-state index in [0.29, 0.717) is 19.8 Å². The van der Waals surface area contributed by atoms with E-state index in [1.807, 2.05) is 24.3 Å². The van der Waals surface area contributed by atoms with Gasteiger partial charge in [-0.25, -0.2) is 0 Å². The fourth-order valence-corrected chi connectivity index (χ4v) is 4.48. The maximum Gasteiger partial charge on any atom is 0.119 e. The lowest BCUT2D eigenvalue weighted by atomic mass is 10.1. The number of hydrogen-bond donors (Lipinski definition) is 0. The van der Waals surface area contributed by atoms with Crippen LogP contribution in [0.25, 0.3) is 24.3 Å². The molecule has 0 saturated heterocycles. The Morgan fingerprint density at radius 3 is 1.45 bits per heavy atom. The van der Waals surface area contributed by atoms with Gasteiger partial charge in [0, 0.05) is 16.8 Å². The second-order valence-corrected chi connectivity index (χ2v) is 11.3. The van der Waals surface area contributed by atoms with Crippen LogP contribution in [-0.4, -0.2) is 29.6 Å². The summed E-state index contributed by atoms with van der Waals surface area (Å²) in [6.07, 6.45) is 13.8. The van der Waals surface area contributed by atoms with Crippen molar-refractivity contribution >= 4 is 39.7 Å². The van der Waals surface area contributed by atoms with Crippen molar-refractivity contribution in [2.24, 2.45) is 0 Å². The first-order valence-corrected chi connectivity index (χ1v) is 15.5. The second kappa shape index (κ2) is 16.8. The van der Waals surface area contributed by atoms with Gasteiger partial charge in [0.05, 0.1) is 12.7 Å². The molecule has 0 spiro atoms. The van der Waals surface area contributed by atoms with Crippen molar-refractivity contribution in [2.45, 2.75) is 25.6 Å². The van der Waals surface area contributed by atoms with Crippen LogP contribution in [0, 0.1) is 0 Å². The summed E-state index contributed by atoms with van der Waals surface area (Å²) in [4.78, 5) is 0. The quantitative estimate of drug-likeness (QED) is 0.0602. The first-order chi connectivity index (χ1) is 20.6. The first-order valence-electron chi connectivity index (χ1n) is 14.5. The molecule has 3 nitrogen and oxygen atoms in total. The minimum absolute atomic E-state index is 0.0765. The lowest BCUT2D eigenvalue weighted by Crippen LogP contribution is -2.08. The van der Waals surface area contributed by atoms with Crippen LogP contribution in [0.4, 0.5) is 0 Å². The molecule has 0 fully saturated rings. The number of ether oxygens (including phenoxy) is 3. The molecule has 0 aliphatic carbocycles. The van der Waals surface area contributed by atoms with Crippen LogP contribution in [0.15, 0.2) is 122 Å². The first kappa shape index (κ1) is 30.6. The maximum atomic E-state index is 5.93. The summed E-state index contributed by atoms with van der Waals surface area (Å²) in [5.74, 6) is 1.76. The molecule has 0 atom stereocenters. The van der Waals surface area contributed by atoms with Crippen LogP contribution in [0.1, 0.15) is 40.7 Å². The Labute approximate surface area is 253 Å². The number of benzene rings is 4. The van der Waals surface area contributed by atoms with Gasteiger partial charge in [0.25, 0.3) is 0 Å². The number of unbranched alkanes of at least 4 members (excludes halogenated alkanes) is 1. The molecule has 4 aromatic rings. The largest absolute Gasteiger partial charge is 0.494 e. The van der Waals surface area contributed by atoms with Crippen molar-refractivity contribution in [3.05, 3.63) is 150 Å². The standard InChI is InChI=1S/C38H40O3Si/c1-3-35(4-2)39-27-5-6-28-40-36-21-15-32(16-22-36)13-11-30-7-9-31(10-8-30)12-14-33-17-23-37(24-18-33)41-29-34-19-25-38(42)26-20-34/h3-4,7-26,35H,1-2,5-6,27-29H2,42H3. The van der Waals surface area contributed by atoms with E-state index < -0.39 is 0 Å². The zero-order chi connectivity index (χ0) is 29.4. The molecule has 4 aromatic carbocycles. The van der Waals surface area contributed by atoms with E-state index in [9.17, 15) is 0 Å². The molecule has 0 bridgehead atoms. The number of hydrogen-bond acceptors (Lipinski definition) is 3. The Kier molecular flexibility index (Phi) is 12.2. The van der Waals surface area contributed by atoms with Crippen LogP contribution in [0.2, 0.25) is 0 Å². The lowest BCUT2D eigenvalue weighted by Gasteiger charge is -2.09. The summed E-state index contributed by atoms with van der Waals surface area (Å²) in [7, 11) is 1.08. The van der Waals surface area contributed by atoms with Gasteiger partial charge in [0.15, 0.2) is 0 Å². The van der Waals surface area contributed by atoms with Crippen LogP contribution in [0.3, 0.4) is 0 Å². The molecule has 4 rings (SSSR count). The van der Waals surface area contributed by atoms with Gasteiger partial charge in [-0.15, -0.1) is 13.2 Å². The molecular weight excluding hydrogens is 533 g/mol. The molecule has 0 aliphatic rings. The van der Waals surface area contributed by atoms with Crippen molar-refractivity contribution in [2.75, 3.05) is 13.2 Å². The van der Waals surface area contributed by atoms with E-state index in [-0.39, 0.29) is 6.10 Å². The van der Waals surface area contributed by atoms with Gasteiger partial charge in [-0.05, 0) is 64.9 Å². The Morgan fingerprint density at radius 1 is 0.548 bits per heavy atom. The van der Waals surface area contributed by atoms with E-state index in [0.717, 1.165) is 56.8 Å². The Bertz CT molecular complexity index is 1430. The molecule has 0 heterocycles. The van der Waals surface area contributed by atoms with Gasteiger partial charge in [0.1, 0.15) is 18.1 Å². The summed E-state index contributed by atoms with van der Waals surface area (Å²) in [6, 6.07) is 33.5. The van der Waals surface area contributed by atoms with Crippen molar-refractivity contribution in [3.8, 4) is 11.5 Å². The molecule has 214 valence electrons. The third-order valence-electron chi connectivity index (χ3n) is 6.74. The molecular formula is C38H40O3Si. The fraction of sp³-hybridized carbons (Fsp3) is 0.158. The second-order valence-electron chi connectivity index (χ2n) is 10.1. The highest BCUT2D eigenvalue weighted by atomic mass is 28.1. The smallest absolute Gasteiger partial charge is 0.119 e. The summed E-state index contributed by atoms with van der Waals surface area (Å²) < 4.78 is 17.4. The van der Waals surface area contributed by atoms with Gasteiger partial charge in [0.2, 0.25) is 0 Å². The van der Waals surface area contributed by atoms with Crippen LogP contribution in [0.5, 0.6) is 11.5 Å². The Morgan fingerprint density at radius 2 is 0.976 bits per heavy atom. The maximum absolute atomic E-state index is 5.93. The molecule has 0 aromatic heterocycles. The van der Waals surface area contributed by atoms with Crippen LogP contribution >= 0.6 is 0 Å². The van der Waals surface area contributed by atoms with E-state index in [1.165, 1.54) is 10.8 Å². The highest BCUT2D eigenvalue weighted by molar-refractivity contribution is 6.32. The van der Waals surface area contributed by atoms with Crippen molar-refractivity contribution < 1.29 is 14.2 Å². The predicted molar refractivity (Wildman–Crippen MR) is 182 cm³/mol. The van der Waals surface area contributed by atoms with E-state index >= 15 is 0 Å². The molecule has 0 aliphatic heterocycles. The van der Waals surface area contributed by atoms with Crippen LogP contribution < -0.4 is 14.7 Å².